The van der Waals surface area contributed by atoms with Crippen LogP contribution in [0.3, 0.4) is 0 Å². The highest BCUT2D eigenvalue weighted by Gasteiger charge is 2.11. The molecular formula is C16H18ClFN2O. The first-order valence-electron chi connectivity index (χ1n) is 6.90. The Labute approximate surface area is 129 Å². The number of halogens is 2. The van der Waals surface area contributed by atoms with Crippen LogP contribution in [0.15, 0.2) is 36.5 Å². The van der Waals surface area contributed by atoms with E-state index in [2.05, 4.69) is 10.3 Å². The van der Waals surface area contributed by atoms with E-state index in [0.29, 0.717) is 11.6 Å². The van der Waals surface area contributed by atoms with E-state index in [-0.39, 0.29) is 11.9 Å². The molecule has 0 aliphatic rings. The Balaban J connectivity index is 2.17. The number of pyridine rings is 1. The molecule has 0 aliphatic carbocycles. The van der Waals surface area contributed by atoms with Gasteiger partial charge in [-0.2, -0.15) is 0 Å². The summed E-state index contributed by atoms with van der Waals surface area (Å²) in [5.74, 6) is 0.399. The van der Waals surface area contributed by atoms with Gasteiger partial charge in [-0.05, 0) is 43.7 Å². The van der Waals surface area contributed by atoms with Crippen molar-refractivity contribution in [3.05, 3.63) is 53.1 Å². The number of rotatable bonds is 6. The molecule has 0 saturated carbocycles. The lowest BCUT2D eigenvalue weighted by Gasteiger charge is -2.18. The quantitative estimate of drug-likeness (QED) is 0.829. The van der Waals surface area contributed by atoms with Crippen molar-refractivity contribution in [3.8, 4) is 5.75 Å². The van der Waals surface area contributed by atoms with Crippen molar-refractivity contribution in [1.29, 1.82) is 0 Å². The van der Waals surface area contributed by atoms with E-state index in [4.69, 9.17) is 16.3 Å². The van der Waals surface area contributed by atoms with Crippen LogP contribution in [0.1, 0.15) is 32.0 Å². The van der Waals surface area contributed by atoms with Crippen LogP contribution in [-0.2, 0) is 0 Å². The van der Waals surface area contributed by atoms with Gasteiger partial charge in [0.2, 0.25) is 0 Å². The Morgan fingerprint density at radius 1 is 1.33 bits per heavy atom. The van der Waals surface area contributed by atoms with Crippen molar-refractivity contribution in [2.24, 2.45) is 0 Å². The number of nitrogens with zero attached hydrogens (tertiary/aromatic N) is 1. The molecule has 0 radical (unpaired) electrons. The van der Waals surface area contributed by atoms with Crippen LogP contribution >= 0.6 is 11.6 Å². The summed E-state index contributed by atoms with van der Waals surface area (Å²) in [7, 11) is 0. The number of anilines is 1. The molecule has 112 valence electrons. The fourth-order valence-corrected chi connectivity index (χ4v) is 2.08. The molecule has 0 amide bonds. The molecule has 0 bridgehead atoms. The summed E-state index contributed by atoms with van der Waals surface area (Å²) in [6.45, 7) is 4.64. The molecule has 1 heterocycles. The summed E-state index contributed by atoms with van der Waals surface area (Å²) in [6, 6.07) is 8.40. The molecule has 0 spiro atoms. The second-order valence-corrected chi connectivity index (χ2v) is 5.19. The highest BCUT2D eigenvalue weighted by molar-refractivity contribution is 6.30. The zero-order valence-electron chi connectivity index (χ0n) is 12.1. The number of hydrogen-bond donors (Lipinski definition) is 1. The van der Waals surface area contributed by atoms with Crippen LogP contribution in [0.25, 0.3) is 0 Å². The number of benzene rings is 1. The van der Waals surface area contributed by atoms with Crippen LogP contribution < -0.4 is 10.1 Å². The molecule has 2 aromatic rings. The fraction of sp³-hybridized carbons (Fsp3) is 0.312. The first-order chi connectivity index (χ1) is 10.1. The second kappa shape index (κ2) is 7.27. The largest absolute Gasteiger partial charge is 0.491 e. The number of aromatic nitrogens is 1. The van der Waals surface area contributed by atoms with Gasteiger partial charge >= 0.3 is 0 Å². The summed E-state index contributed by atoms with van der Waals surface area (Å²) in [6.07, 6.45) is 2.14. The lowest BCUT2D eigenvalue weighted by molar-refractivity contribution is 0.318. The Bertz CT molecular complexity index is 589. The highest BCUT2D eigenvalue weighted by Crippen LogP contribution is 2.31. The average molecular weight is 309 g/mol. The topological polar surface area (TPSA) is 34.1 Å². The van der Waals surface area contributed by atoms with Gasteiger partial charge in [0.25, 0.3) is 0 Å². The Kier molecular flexibility index (Phi) is 5.39. The standard InChI is InChI=1S/C16H18ClFN2O/c1-3-8-21-16-7-4-12(17)9-15(16)20-11(2)14-6-5-13(18)10-19-14/h4-7,9-11,20H,3,8H2,1-2H3. The maximum Gasteiger partial charge on any atom is 0.142 e. The van der Waals surface area contributed by atoms with Gasteiger partial charge in [-0.15, -0.1) is 0 Å². The third-order valence-electron chi connectivity index (χ3n) is 2.97. The van der Waals surface area contributed by atoms with E-state index in [1.165, 1.54) is 12.3 Å². The first kappa shape index (κ1) is 15.6. The smallest absolute Gasteiger partial charge is 0.142 e. The van der Waals surface area contributed by atoms with E-state index in [1.54, 1.807) is 12.1 Å². The van der Waals surface area contributed by atoms with Crippen molar-refractivity contribution in [3.63, 3.8) is 0 Å². The van der Waals surface area contributed by atoms with Gasteiger partial charge in [-0.25, -0.2) is 4.39 Å². The molecule has 1 atom stereocenters. The Morgan fingerprint density at radius 2 is 2.14 bits per heavy atom. The molecule has 1 aromatic carbocycles. The van der Waals surface area contributed by atoms with E-state index < -0.39 is 0 Å². The van der Waals surface area contributed by atoms with Crippen molar-refractivity contribution in [2.45, 2.75) is 26.3 Å². The zero-order valence-corrected chi connectivity index (χ0v) is 12.8. The number of ether oxygens (including phenoxy) is 1. The van der Waals surface area contributed by atoms with Crippen LogP contribution in [0.5, 0.6) is 5.75 Å². The van der Waals surface area contributed by atoms with Gasteiger partial charge < -0.3 is 10.1 Å². The van der Waals surface area contributed by atoms with Crippen LogP contribution in [0, 0.1) is 5.82 Å². The first-order valence-corrected chi connectivity index (χ1v) is 7.28. The van der Waals surface area contributed by atoms with Crippen molar-refractivity contribution in [2.75, 3.05) is 11.9 Å². The van der Waals surface area contributed by atoms with Gasteiger partial charge in [-0.3, -0.25) is 4.98 Å². The lowest BCUT2D eigenvalue weighted by Crippen LogP contribution is -2.10. The minimum Gasteiger partial charge on any atom is -0.491 e. The third-order valence-corrected chi connectivity index (χ3v) is 3.20. The van der Waals surface area contributed by atoms with Crippen LogP contribution in [0.2, 0.25) is 5.02 Å². The van der Waals surface area contributed by atoms with Crippen molar-refractivity contribution < 1.29 is 9.13 Å². The maximum atomic E-state index is 12.9. The molecule has 1 N–H and O–H groups in total. The van der Waals surface area contributed by atoms with Gasteiger partial charge in [0.15, 0.2) is 0 Å². The van der Waals surface area contributed by atoms with Gasteiger partial charge in [0.1, 0.15) is 11.6 Å². The fourth-order valence-electron chi connectivity index (χ4n) is 1.90. The number of hydrogen-bond acceptors (Lipinski definition) is 3. The van der Waals surface area contributed by atoms with E-state index >= 15 is 0 Å². The predicted molar refractivity (Wildman–Crippen MR) is 83.5 cm³/mol. The van der Waals surface area contributed by atoms with E-state index in [9.17, 15) is 4.39 Å². The van der Waals surface area contributed by atoms with Gasteiger partial charge in [0.05, 0.1) is 30.2 Å². The molecule has 3 nitrogen and oxygen atoms in total. The molecule has 0 fully saturated rings. The summed E-state index contributed by atoms with van der Waals surface area (Å²) in [5, 5.41) is 3.93. The summed E-state index contributed by atoms with van der Waals surface area (Å²) in [4.78, 5) is 4.08. The summed E-state index contributed by atoms with van der Waals surface area (Å²) < 4.78 is 18.6. The SMILES string of the molecule is CCCOc1ccc(Cl)cc1NC(C)c1ccc(F)cn1. The molecule has 1 aromatic heterocycles. The van der Waals surface area contributed by atoms with Crippen molar-refractivity contribution in [1.82, 2.24) is 4.98 Å². The minimum atomic E-state index is -0.347. The van der Waals surface area contributed by atoms with E-state index in [0.717, 1.165) is 23.6 Å². The third kappa shape index (κ3) is 4.33. The van der Waals surface area contributed by atoms with Crippen molar-refractivity contribution >= 4 is 17.3 Å². The highest BCUT2D eigenvalue weighted by atomic mass is 35.5. The van der Waals surface area contributed by atoms with Crippen LogP contribution in [-0.4, -0.2) is 11.6 Å². The summed E-state index contributed by atoms with van der Waals surface area (Å²) in [5.41, 5.74) is 1.55. The molecule has 0 saturated heterocycles. The molecule has 21 heavy (non-hydrogen) atoms. The monoisotopic (exact) mass is 308 g/mol. The Morgan fingerprint density at radius 3 is 2.81 bits per heavy atom. The molecule has 1 unspecified atom stereocenters. The summed E-state index contributed by atoms with van der Waals surface area (Å²) >= 11 is 6.04. The van der Waals surface area contributed by atoms with Crippen LogP contribution in [0.4, 0.5) is 10.1 Å². The number of nitrogens with one attached hydrogen (secondary N) is 1. The Hall–Kier alpha value is -1.81. The normalized spacial score (nSPS) is 12.0. The second-order valence-electron chi connectivity index (χ2n) is 4.76. The lowest BCUT2D eigenvalue weighted by atomic mass is 10.2. The average Bonchev–Trinajstić information content (AvgIpc) is 2.47. The minimum absolute atomic E-state index is 0.0898. The van der Waals surface area contributed by atoms with Gasteiger partial charge in [-0.1, -0.05) is 18.5 Å². The molecular weight excluding hydrogens is 291 g/mol. The van der Waals surface area contributed by atoms with Gasteiger partial charge in [0, 0.05) is 5.02 Å². The maximum absolute atomic E-state index is 12.9. The molecule has 5 heteroatoms. The van der Waals surface area contributed by atoms with E-state index in [1.807, 2.05) is 26.0 Å². The zero-order chi connectivity index (χ0) is 15.2. The molecule has 0 aliphatic heterocycles. The predicted octanol–water partition coefficient (Wildman–Crippen LogP) is 4.84. The molecule has 2 rings (SSSR count).